The Balaban J connectivity index is 1.89. The van der Waals surface area contributed by atoms with E-state index in [0.29, 0.717) is 0 Å². The zero-order valence-corrected chi connectivity index (χ0v) is 20.6. The molecule has 1 atom stereocenters. The van der Waals surface area contributed by atoms with Gasteiger partial charge in [0.2, 0.25) is 21.8 Å². The lowest BCUT2D eigenvalue weighted by Gasteiger charge is -2.32. The average molecular weight is 490 g/mol. The summed E-state index contributed by atoms with van der Waals surface area (Å²) in [7, 11) is -3.89. The Morgan fingerprint density at radius 3 is 2.41 bits per heavy atom. The zero-order chi connectivity index (χ0) is 24.9. The largest absolute Gasteiger partial charge is 0.352 e. The van der Waals surface area contributed by atoms with E-state index in [9.17, 15) is 22.4 Å². The van der Waals surface area contributed by atoms with Crippen molar-refractivity contribution in [2.24, 2.45) is 0 Å². The number of halogens is 1. The van der Waals surface area contributed by atoms with Crippen LogP contribution in [0.15, 0.2) is 48.5 Å². The van der Waals surface area contributed by atoms with Gasteiger partial charge in [0.05, 0.1) is 11.9 Å². The third-order valence-electron chi connectivity index (χ3n) is 6.25. The Labute approximate surface area is 201 Å². The van der Waals surface area contributed by atoms with Crippen LogP contribution in [0, 0.1) is 12.7 Å². The molecule has 1 aliphatic carbocycles. The predicted octanol–water partition coefficient (Wildman–Crippen LogP) is 3.38. The van der Waals surface area contributed by atoms with Crippen molar-refractivity contribution in [3.63, 3.8) is 0 Å². The molecule has 0 unspecified atom stereocenters. The molecule has 3 rings (SSSR count). The lowest BCUT2D eigenvalue weighted by molar-refractivity contribution is -0.139. The maximum Gasteiger partial charge on any atom is 0.244 e. The monoisotopic (exact) mass is 489 g/mol. The zero-order valence-electron chi connectivity index (χ0n) is 19.8. The first kappa shape index (κ1) is 25.7. The highest BCUT2D eigenvalue weighted by molar-refractivity contribution is 7.92. The van der Waals surface area contributed by atoms with Gasteiger partial charge >= 0.3 is 0 Å². The van der Waals surface area contributed by atoms with Gasteiger partial charge in [-0.1, -0.05) is 43.2 Å². The van der Waals surface area contributed by atoms with Gasteiger partial charge in [-0.2, -0.15) is 0 Å². The normalized spacial score (nSPS) is 15.1. The molecule has 0 saturated heterocycles. The number of sulfonamides is 1. The third kappa shape index (κ3) is 6.56. The average Bonchev–Trinajstić information content (AvgIpc) is 3.28. The van der Waals surface area contributed by atoms with E-state index in [1.54, 1.807) is 6.92 Å². The van der Waals surface area contributed by atoms with Gasteiger partial charge in [-0.3, -0.25) is 13.9 Å². The molecule has 2 aromatic rings. The van der Waals surface area contributed by atoms with Crippen LogP contribution in [-0.2, 0) is 26.2 Å². The van der Waals surface area contributed by atoms with Crippen LogP contribution in [-0.4, -0.2) is 50.0 Å². The van der Waals surface area contributed by atoms with E-state index in [0.717, 1.165) is 53.4 Å². The lowest BCUT2D eigenvalue weighted by atomic mass is 10.1. The van der Waals surface area contributed by atoms with Gasteiger partial charge in [-0.15, -0.1) is 0 Å². The number of aryl methyl sites for hydroxylation is 1. The second-order valence-corrected chi connectivity index (χ2v) is 10.8. The Morgan fingerprint density at radius 1 is 1.12 bits per heavy atom. The smallest absolute Gasteiger partial charge is 0.244 e. The van der Waals surface area contributed by atoms with E-state index in [1.807, 2.05) is 31.2 Å². The van der Waals surface area contributed by atoms with Crippen molar-refractivity contribution in [3.8, 4) is 0 Å². The standard InChI is InChI=1S/C25H32FN3O4S/c1-18-9-4-5-10-20(18)16-28(19(2)25(31)27-22-12-6-7-13-22)24(30)17-29(34(3,32)33)23-14-8-11-21(26)15-23/h4-5,8-11,14-15,19,22H,6-7,12-13,16-17H2,1-3H3,(H,27,31)/t19-/m1/s1. The third-order valence-corrected chi connectivity index (χ3v) is 7.39. The number of nitrogens with zero attached hydrogens (tertiary/aromatic N) is 2. The fourth-order valence-corrected chi connectivity index (χ4v) is 5.03. The van der Waals surface area contributed by atoms with Crippen molar-refractivity contribution >= 4 is 27.5 Å². The molecule has 1 saturated carbocycles. The molecule has 2 amide bonds. The lowest BCUT2D eigenvalue weighted by Crippen LogP contribution is -2.52. The minimum absolute atomic E-state index is 0.0507. The summed E-state index contributed by atoms with van der Waals surface area (Å²) >= 11 is 0. The quantitative estimate of drug-likeness (QED) is 0.585. The van der Waals surface area contributed by atoms with Gasteiger partial charge in [0, 0.05) is 12.6 Å². The molecule has 0 bridgehead atoms. The molecule has 34 heavy (non-hydrogen) atoms. The van der Waals surface area contributed by atoms with Crippen molar-refractivity contribution < 1.29 is 22.4 Å². The molecule has 1 aliphatic rings. The summed E-state index contributed by atoms with van der Waals surface area (Å²) in [5.41, 5.74) is 1.86. The Bertz CT molecular complexity index is 1130. The van der Waals surface area contributed by atoms with Gasteiger partial charge in [-0.05, 0) is 56.0 Å². The molecule has 1 N–H and O–H groups in total. The van der Waals surface area contributed by atoms with Crippen LogP contribution in [0.4, 0.5) is 10.1 Å². The molecule has 0 radical (unpaired) electrons. The SMILES string of the molecule is Cc1ccccc1CN(C(=O)CN(c1cccc(F)c1)S(C)(=O)=O)[C@H](C)C(=O)NC1CCCC1. The summed E-state index contributed by atoms with van der Waals surface area (Å²) < 4.78 is 39.7. The van der Waals surface area contributed by atoms with E-state index < -0.39 is 34.3 Å². The number of hydrogen-bond donors (Lipinski definition) is 1. The van der Waals surface area contributed by atoms with Crippen LogP contribution in [0.3, 0.4) is 0 Å². The van der Waals surface area contributed by atoms with Gasteiger partial charge in [0.15, 0.2) is 0 Å². The summed E-state index contributed by atoms with van der Waals surface area (Å²) in [6.07, 6.45) is 4.90. The van der Waals surface area contributed by atoms with Crippen LogP contribution in [0.5, 0.6) is 0 Å². The molecule has 0 aromatic heterocycles. The Kier molecular flexibility index (Phi) is 8.30. The van der Waals surface area contributed by atoms with Crippen LogP contribution < -0.4 is 9.62 Å². The summed E-state index contributed by atoms with van der Waals surface area (Å²) in [4.78, 5) is 27.9. The molecule has 7 nitrogen and oxygen atoms in total. The van der Waals surface area contributed by atoms with Gasteiger partial charge in [-0.25, -0.2) is 12.8 Å². The van der Waals surface area contributed by atoms with Crippen LogP contribution in [0.25, 0.3) is 0 Å². The number of amides is 2. The first-order chi connectivity index (χ1) is 16.1. The van der Waals surface area contributed by atoms with E-state index in [-0.39, 0.29) is 24.2 Å². The van der Waals surface area contributed by atoms with Crippen LogP contribution in [0.2, 0.25) is 0 Å². The van der Waals surface area contributed by atoms with E-state index in [2.05, 4.69) is 5.32 Å². The second kappa shape index (κ2) is 11.0. The Morgan fingerprint density at radius 2 is 1.79 bits per heavy atom. The first-order valence-electron chi connectivity index (χ1n) is 11.4. The topological polar surface area (TPSA) is 86.8 Å². The highest BCUT2D eigenvalue weighted by Crippen LogP contribution is 2.21. The van der Waals surface area contributed by atoms with Gasteiger partial charge < -0.3 is 10.2 Å². The number of nitrogens with one attached hydrogen (secondary N) is 1. The molecule has 1 fully saturated rings. The maximum absolute atomic E-state index is 13.8. The molecule has 0 spiro atoms. The maximum atomic E-state index is 13.8. The number of carbonyl (C=O) groups is 2. The van der Waals surface area contributed by atoms with Crippen molar-refractivity contribution in [3.05, 3.63) is 65.5 Å². The highest BCUT2D eigenvalue weighted by Gasteiger charge is 2.31. The molecule has 9 heteroatoms. The molecule has 2 aromatic carbocycles. The van der Waals surface area contributed by atoms with Crippen LogP contribution in [0.1, 0.15) is 43.7 Å². The van der Waals surface area contributed by atoms with E-state index in [4.69, 9.17) is 0 Å². The number of rotatable bonds is 9. The minimum Gasteiger partial charge on any atom is -0.352 e. The molecule has 184 valence electrons. The van der Waals surface area contributed by atoms with E-state index in [1.165, 1.54) is 23.1 Å². The molecular weight excluding hydrogens is 457 g/mol. The second-order valence-electron chi connectivity index (χ2n) is 8.86. The first-order valence-corrected chi connectivity index (χ1v) is 13.3. The van der Waals surface area contributed by atoms with Crippen LogP contribution >= 0.6 is 0 Å². The number of benzene rings is 2. The summed E-state index contributed by atoms with van der Waals surface area (Å²) in [5.74, 6) is -1.43. The predicted molar refractivity (Wildman–Crippen MR) is 130 cm³/mol. The number of hydrogen-bond acceptors (Lipinski definition) is 4. The van der Waals surface area contributed by atoms with Gasteiger partial charge in [0.25, 0.3) is 0 Å². The Hall–Kier alpha value is -2.94. The van der Waals surface area contributed by atoms with Gasteiger partial charge in [0.1, 0.15) is 18.4 Å². The van der Waals surface area contributed by atoms with Crippen molar-refractivity contribution in [1.82, 2.24) is 10.2 Å². The molecule has 0 heterocycles. The number of anilines is 1. The molecular formula is C25H32FN3O4S. The minimum atomic E-state index is -3.89. The summed E-state index contributed by atoms with van der Waals surface area (Å²) in [6.45, 7) is 3.16. The van der Waals surface area contributed by atoms with Crippen molar-refractivity contribution in [2.75, 3.05) is 17.1 Å². The summed E-state index contributed by atoms with van der Waals surface area (Å²) in [6, 6.07) is 11.9. The fraction of sp³-hybridized carbons (Fsp3) is 0.440. The highest BCUT2D eigenvalue weighted by atomic mass is 32.2. The summed E-state index contributed by atoms with van der Waals surface area (Å²) in [5, 5.41) is 3.02. The van der Waals surface area contributed by atoms with Crippen molar-refractivity contribution in [1.29, 1.82) is 0 Å². The van der Waals surface area contributed by atoms with Crippen molar-refractivity contribution in [2.45, 2.75) is 58.2 Å². The number of carbonyl (C=O) groups excluding carboxylic acids is 2. The molecule has 0 aliphatic heterocycles. The van der Waals surface area contributed by atoms with E-state index >= 15 is 0 Å². The fourth-order valence-electron chi connectivity index (χ4n) is 4.19.